The molecule has 2 rings (SSSR count). The van der Waals surface area contributed by atoms with Crippen LogP contribution in [0, 0.1) is 11.3 Å². The molecule has 2 N–H and O–H groups in total. The number of carbonyl (C=O) groups is 1. The van der Waals surface area contributed by atoms with Gasteiger partial charge in [-0.3, -0.25) is 4.79 Å². The van der Waals surface area contributed by atoms with E-state index in [0.29, 0.717) is 18.9 Å². The van der Waals surface area contributed by atoms with Crippen LogP contribution in [0.4, 0.5) is 0 Å². The fraction of sp³-hybridized carbons (Fsp3) is 0.800. The molecule has 0 bridgehead atoms. The first kappa shape index (κ1) is 13.6. The molecule has 0 spiro atoms. The van der Waals surface area contributed by atoms with Crippen LogP contribution in [0.15, 0.2) is 12.2 Å². The van der Waals surface area contributed by atoms with Crippen molar-refractivity contribution in [3.8, 4) is 0 Å². The highest BCUT2D eigenvalue weighted by Gasteiger charge is 2.35. The highest BCUT2D eigenvalue weighted by atomic mass is 16.3. The average molecular weight is 251 g/mol. The molecular weight excluding hydrogens is 226 g/mol. The second-order valence-corrected chi connectivity index (χ2v) is 6.16. The minimum Gasteiger partial charge on any atom is -0.392 e. The van der Waals surface area contributed by atoms with Gasteiger partial charge in [-0.05, 0) is 31.6 Å². The molecule has 3 atom stereocenters. The molecular formula is C15H25NO2. The molecule has 1 amide bonds. The van der Waals surface area contributed by atoms with Crippen molar-refractivity contribution in [2.45, 2.75) is 58.0 Å². The predicted molar refractivity (Wildman–Crippen MR) is 72.1 cm³/mol. The van der Waals surface area contributed by atoms with Crippen molar-refractivity contribution < 1.29 is 9.90 Å². The summed E-state index contributed by atoms with van der Waals surface area (Å²) in [4.78, 5) is 11.9. The van der Waals surface area contributed by atoms with Gasteiger partial charge in [0, 0.05) is 18.4 Å². The van der Waals surface area contributed by atoms with Crippen LogP contribution in [-0.4, -0.2) is 23.7 Å². The minimum atomic E-state index is -0.266. The van der Waals surface area contributed by atoms with Gasteiger partial charge in [0.15, 0.2) is 0 Å². The van der Waals surface area contributed by atoms with Crippen molar-refractivity contribution in [1.29, 1.82) is 0 Å². The van der Waals surface area contributed by atoms with E-state index in [9.17, 15) is 9.90 Å². The number of allylic oxidation sites excluding steroid dienone is 2. The first-order valence-electron chi connectivity index (χ1n) is 7.21. The van der Waals surface area contributed by atoms with Crippen LogP contribution in [0.5, 0.6) is 0 Å². The third kappa shape index (κ3) is 3.35. The molecule has 0 radical (unpaired) electrons. The van der Waals surface area contributed by atoms with E-state index in [1.165, 1.54) is 0 Å². The van der Waals surface area contributed by atoms with Crippen molar-refractivity contribution in [3.05, 3.63) is 12.2 Å². The maximum atomic E-state index is 11.9. The topological polar surface area (TPSA) is 49.3 Å². The van der Waals surface area contributed by atoms with E-state index < -0.39 is 0 Å². The van der Waals surface area contributed by atoms with Gasteiger partial charge in [0.05, 0.1) is 6.10 Å². The highest BCUT2D eigenvalue weighted by molar-refractivity contribution is 5.76. The highest BCUT2D eigenvalue weighted by Crippen LogP contribution is 2.35. The third-order valence-corrected chi connectivity index (χ3v) is 4.53. The molecule has 0 aromatic rings. The van der Waals surface area contributed by atoms with Gasteiger partial charge in [-0.1, -0.05) is 31.9 Å². The van der Waals surface area contributed by atoms with E-state index in [1.807, 2.05) is 0 Å². The molecule has 2 aliphatic rings. The molecule has 2 aliphatic carbocycles. The Labute approximate surface area is 110 Å². The van der Waals surface area contributed by atoms with Crippen LogP contribution >= 0.6 is 0 Å². The second-order valence-electron chi connectivity index (χ2n) is 6.16. The molecule has 0 aliphatic heterocycles. The molecule has 0 saturated heterocycles. The van der Waals surface area contributed by atoms with Crippen LogP contribution < -0.4 is 5.32 Å². The first-order chi connectivity index (χ1) is 8.60. The number of hydrogen-bond donors (Lipinski definition) is 2. The standard InChI is InChI=1S/C15H25NO2/c1-15(9-5-4-8-13(15)17)11-16-14(18)10-12-6-2-3-7-12/h2,6,12-13,17H,3-5,7-11H2,1H3,(H,16,18)/t12-,13+,15+/m0/s1. The summed E-state index contributed by atoms with van der Waals surface area (Å²) in [7, 11) is 0. The van der Waals surface area contributed by atoms with Gasteiger partial charge in [0.1, 0.15) is 0 Å². The zero-order valence-corrected chi connectivity index (χ0v) is 11.3. The maximum Gasteiger partial charge on any atom is 0.220 e. The van der Waals surface area contributed by atoms with Crippen LogP contribution in [0.1, 0.15) is 51.9 Å². The molecule has 0 aromatic heterocycles. The summed E-state index contributed by atoms with van der Waals surface area (Å²) in [5.74, 6) is 0.555. The normalized spacial score (nSPS) is 35.7. The van der Waals surface area contributed by atoms with Crippen molar-refractivity contribution in [3.63, 3.8) is 0 Å². The number of nitrogens with one attached hydrogen (secondary N) is 1. The molecule has 0 heterocycles. The largest absolute Gasteiger partial charge is 0.392 e. The lowest BCUT2D eigenvalue weighted by Gasteiger charge is -2.38. The summed E-state index contributed by atoms with van der Waals surface area (Å²) in [6.07, 6.45) is 11.0. The molecule has 18 heavy (non-hydrogen) atoms. The van der Waals surface area contributed by atoms with Gasteiger partial charge in [0.2, 0.25) is 5.91 Å². The van der Waals surface area contributed by atoms with Crippen molar-refractivity contribution in [2.24, 2.45) is 11.3 Å². The fourth-order valence-electron chi connectivity index (χ4n) is 3.06. The molecule has 3 nitrogen and oxygen atoms in total. The molecule has 0 unspecified atom stereocenters. The molecule has 0 aromatic carbocycles. The van der Waals surface area contributed by atoms with Crippen molar-refractivity contribution >= 4 is 5.91 Å². The van der Waals surface area contributed by atoms with Gasteiger partial charge < -0.3 is 10.4 Å². The Morgan fingerprint density at radius 3 is 2.94 bits per heavy atom. The number of rotatable bonds is 4. The lowest BCUT2D eigenvalue weighted by molar-refractivity contribution is -0.122. The van der Waals surface area contributed by atoms with Gasteiger partial charge in [-0.2, -0.15) is 0 Å². The SMILES string of the molecule is C[C@]1(CNC(=O)C[C@H]2C=CCC2)CCCC[C@H]1O. The van der Waals surface area contributed by atoms with E-state index in [4.69, 9.17) is 0 Å². The van der Waals surface area contributed by atoms with E-state index in [2.05, 4.69) is 24.4 Å². The zero-order chi connectivity index (χ0) is 13.0. The summed E-state index contributed by atoms with van der Waals surface area (Å²) < 4.78 is 0. The monoisotopic (exact) mass is 251 g/mol. The Balaban J connectivity index is 1.75. The molecule has 1 saturated carbocycles. The van der Waals surface area contributed by atoms with Crippen molar-refractivity contribution in [1.82, 2.24) is 5.32 Å². The summed E-state index contributed by atoms with van der Waals surface area (Å²) in [6.45, 7) is 2.70. The Hall–Kier alpha value is -0.830. The Kier molecular flexibility index (Phi) is 4.44. The van der Waals surface area contributed by atoms with Gasteiger partial charge in [-0.15, -0.1) is 0 Å². The van der Waals surface area contributed by atoms with Gasteiger partial charge in [-0.25, -0.2) is 0 Å². The van der Waals surface area contributed by atoms with E-state index >= 15 is 0 Å². The van der Waals surface area contributed by atoms with Crippen LogP contribution in [0.2, 0.25) is 0 Å². The summed E-state index contributed by atoms with van der Waals surface area (Å²) >= 11 is 0. The smallest absolute Gasteiger partial charge is 0.220 e. The number of carbonyl (C=O) groups excluding carboxylic acids is 1. The van der Waals surface area contributed by atoms with Crippen LogP contribution in [-0.2, 0) is 4.79 Å². The summed E-state index contributed by atoms with van der Waals surface area (Å²) in [5.41, 5.74) is -0.126. The zero-order valence-electron chi connectivity index (χ0n) is 11.3. The molecule has 102 valence electrons. The van der Waals surface area contributed by atoms with E-state index in [-0.39, 0.29) is 17.4 Å². The second kappa shape index (κ2) is 5.87. The third-order valence-electron chi connectivity index (χ3n) is 4.53. The summed E-state index contributed by atoms with van der Waals surface area (Å²) in [5, 5.41) is 13.1. The number of hydrogen-bond acceptors (Lipinski definition) is 2. The minimum absolute atomic E-state index is 0.126. The van der Waals surface area contributed by atoms with Gasteiger partial charge >= 0.3 is 0 Å². The van der Waals surface area contributed by atoms with Crippen LogP contribution in [0.3, 0.4) is 0 Å². The number of amides is 1. The summed E-state index contributed by atoms with van der Waals surface area (Å²) in [6, 6.07) is 0. The fourth-order valence-corrected chi connectivity index (χ4v) is 3.06. The first-order valence-corrected chi connectivity index (χ1v) is 7.21. The Morgan fingerprint density at radius 2 is 2.28 bits per heavy atom. The molecule has 1 fully saturated rings. The van der Waals surface area contributed by atoms with Crippen molar-refractivity contribution in [2.75, 3.05) is 6.54 Å². The Bertz CT molecular complexity index is 326. The average Bonchev–Trinajstić information content (AvgIpc) is 2.84. The number of aliphatic hydroxyl groups excluding tert-OH is 1. The van der Waals surface area contributed by atoms with E-state index in [1.54, 1.807) is 0 Å². The Morgan fingerprint density at radius 1 is 1.44 bits per heavy atom. The van der Waals surface area contributed by atoms with E-state index in [0.717, 1.165) is 38.5 Å². The van der Waals surface area contributed by atoms with Gasteiger partial charge in [0.25, 0.3) is 0 Å². The lowest BCUT2D eigenvalue weighted by Crippen LogP contribution is -2.45. The van der Waals surface area contributed by atoms with Crippen LogP contribution in [0.25, 0.3) is 0 Å². The predicted octanol–water partition coefficient (Wildman–Crippen LogP) is 2.40. The molecule has 3 heteroatoms. The maximum absolute atomic E-state index is 11.9. The number of aliphatic hydroxyl groups is 1. The quantitative estimate of drug-likeness (QED) is 0.754. The lowest BCUT2D eigenvalue weighted by atomic mass is 9.73.